The number of nitrogens with one attached hydrogen (secondary N) is 1. The summed E-state index contributed by atoms with van der Waals surface area (Å²) in [4.78, 5) is 4.36. The van der Waals surface area contributed by atoms with Gasteiger partial charge < -0.3 is 9.88 Å². The van der Waals surface area contributed by atoms with Crippen LogP contribution in [0.5, 0.6) is 0 Å². The van der Waals surface area contributed by atoms with Crippen LogP contribution < -0.4 is 5.32 Å². The minimum absolute atomic E-state index is 0.890. The highest BCUT2D eigenvalue weighted by Gasteiger charge is 2.01. The van der Waals surface area contributed by atoms with Gasteiger partial charge in [0, 0.05) is 24.9 Å². The molecule has 0 bridgehead atoms. The van der Waals surface area contributed by atoms with E-state index in [9.17, 15) is 0 Å². The van der Waals surface area contributed by atoms with Crippen LogP contribution in [0.3, 0.4) is 0 Å². The summed E-state index contributed by atoms with van der Waals surface area (Å²) in [6.07, 6.45) is 8.72. The Balaban J connectivity index is 0.00000172. The van der Waals surface area contributed by atoms with Crippen molar-refractivity contribution in [2.45, 2.75) is 33.7 Å². The monoisotopic (exact) mass is 273 g/mol. The second kappa shape index (κ2) is 11.0. The van der Waals surface area contributed by atoms with E-state index in [1.807, 2.05) is 50.1 Å². The number of aromatic nitrogens is 2. The molecule has 110 valence electrons. The molecule has 0 atom stereocenters. The third-order valence-electron chi connectivity index (χ3n) is 2.66. The highest BCUT2D eigenvalue weighted by Crippen LogP contribution is 2.13. The maximum Gasteiger partial charge on any atom is 0.0959 e. The molecule has 1 aromatic heterocycles. The molecule has 1 N–H and O–H groups in total. The third kappa shape index (κ3) is 6.37. The Morgan fingerprint density at radius 3 is 2.70 bits per heavy atom. The lowest BCUT2D eigenvalue weighted by atomic mass is 10.1. The minimum Gasteiger partial charge on any atom is -0.336 e. The van der Waals surface area contributed by atoms with Gasteiger partial charge in [0.25, 0.3) is 0 Å². The van der Waals surface area contributed by atoms with Gasteiger partial charge in [-0.2, -0.15) is 0 Å². The highest BCUT2D eigenvalue weighted by molar-refractivity contribution is 5.70. The summed E-state index contributed by atoms with van der Waals surface area (Å²) in [6, 6.07) is 0. The molecule has 0 spiro atoms. The first kappa shape index (κ1) is 18.2. The molecule has 0 aliphatic heterocycles. The van der Waals surface area contributed by atoms with Crippen LogP contribution in [0.2, 0.25) is 0 Å². The number of imidazole rings is 1. The van der Waals surface area contributed by atoms with Crippen LogP contribution in [-0.2, 0) is 6.54 Å². The number of nitrogens with zero attached hydrogens (tertiary/aromatic N) is 2. The fourth-order valence-electron chi connectivity index (χ4n) is 1.42. The highest BCUT2D eigenvalue weighted by atomic mass is 15.0. The lowest BCUT2D eigenvalue weighted by Gasteiger charge is -1.99. The first-order chi connectivity index (χ1) is 9.71. The molecule has 3 heteroatoms. The normalized spacial score (nSPS) is 9.80. The molecule has 0 amide bonds. The van der Waals surface area contributed by atoms with E-state index in [1.54, 1.807) is 0 Å². The lowest BCUT2D eigenvalue weighted by molar-refractivity contribution is 0.644. The summed E-state index contributed by atoms with van der Waals surface area (Å²) in [5.74, 6) is 0. The molecule has 0 radical (unpaired) electrons. The number of likely N-dealkylation sites (N-methyl/N-ethyl adjacent to an activating group) is 1. The van der Waals surface area contributed by atoms with Crippen LogP contribution in [0.1, 0.15) is 32.9 Å². The van der Waals surface area contributed by atoms with Gasteiger partial charge >= 0.3 is 0 Å². The smallest absolute Gasteiger partial charge is 0.0959 e. The molecule has 1 rings (SSSR count). The molecule has 1 heterocycles. The van der Waals surface area contributed by atoms with Crippen LogP contribution in [0.25, 0.3) is 5.57 Å². The molecule has 1 aromatic rings. The van der Waals surface area contributed by atoms with E-state index < -0.39 is 0 Å². The van der Waals surface area contributed by atoms with E-state index in [-0.39, 0.29) is 0 Å². The largest absolute Gasteiger partial charge is 0.336 e. The molecule has 20 heavy (non-hydrogen) atoms. The van der Waals surface area contributed by atoms with E-state index in [0.717, 1.165) is 36.4 Å². The average molecular weight is 273 g/mol. The van der Waals surface area contributed by atoms with Gasteiger partial charge in [-0.15, -0.1) is 5.73 Å². The average Bonchev–Trinajstić information content (AvgIpc) is 2.96. The summed E-state index contributed by atoms with van der Waals surface area (Å²) in [6.45, 7) is 15.5. The van der Waals surface area contributed by atoms with Gasteiger partial charge in [0.2, 0.25) is 0 Å². The van der Waals surface area contributed by atoms with Crippen LogP contribution >= 0.6 is 0 Å². The maximum absolute atomic E-state index is 4.36. The summed E-state index contributed by atoms with van der Waals surface area (Å²) in [7, 11) is 1.94. The maximum atomic E-state index is 4.36. The van der Waals surface area contributed by atoms with Crippen molar-refractivity contribution in [1.29, 1.82) is 0 Å². The van der Waals surface area contributed by atoms with Gasteiger partial charge in [-0.05, 0) is 19.5 Å². The molecule has 0 aromatic carbocycles. The predicted octanol–water partition coefficient (Wildman–Crippen LogP) is 3.82. The zero-order valence-corrected chi connectivity index (χ0v) is 13.2. The first-order valence-electron chi connectivity index (χ1n) is 7.14. The SMILES string of the molecule is C=C=C(/C=C\C(=C)CC)c1cn(CCNC)cn1.CC. The summed E-state index contributed by atoms with van der Waals surface area (Å²) < 4.78 is 2.05. The zero-order chi connectivity index (χ0) is 15.4. The predicted molar refractivity (Wildman–Crippen MR) is 88.6 cm³/mol. The van der Waals surface area contributed by atoms with Crippen molar-refractivity contribution in [3.8, 4) is 0 Å². The summed E-state index contributed by atoms with van der Waals surface area (Å²) >= 11 is 0. The van der Waals surface area contributed by atoms with Crippen molar-refractivity contribution in [2.24, 2.45) is 0 Å². The van der Waals surface area contributed by atoms with E-state index in [4.69, 9.17) is 0 Å². The standard InChI is InChI=1S/C15H21N3.C2H6/c1-5-13(3)7-8-14(6-2)15-11-18(12-17-15)10-9-16-4;1-2/h7-8,11-12,16H,2-3,5,9-10H2,1,4H3;1-2H3/b8-7-;. The second-order valence-corrected chi connectivity index (χ2v) is 4.04. The summed E-state index contributed by atoms with van der Waals surface area (Å²) in [5, 5.41) is 3.11. The fraction of sp³-hybridized carbons (Fsp3) is 0.412. The van der Waals surface area contributed by atoms with Crippen LogP contribution in [0.4, 0.5) is 0 Å². The number of hydrogen-bond acceptors (Lipinski definition) is 2. The van der Waals surface area contributed by atoms with Crippen molar-refractivity contribution in [3.05, 3.63) is 54.8 Å². The Morgan fingerprint density at radius 2 is 2.15 bits per heavy atom. The van der Waals surface area contributed by atoms with E-state index in [1.165, 1.54) is 0 Å². The lowest BCUT2D eigenvalue weighted by Crippen LogP contribution is -2.13. The first-order valence-corrected chi connectivity index (χ1v) is 7.14. The Kier molecular flexibility index (Phi) is 10.0. The van der Waals surface area contributed by atoms with Gasteiger partial charge in [0.1, 0.15) is 0 Å². The molecular formula is C17H27N3. The molecular weight excluding hydrogens is 246 g/mol. The van der Waals surface area contributed by atoms with Gasteiger partial charge in [0.05, 0.1) is 12.0 Å². The summed E-state index contributed by atoms with van der Waals surface area (Å²) in [5.41, 5.74) is 5.78. The number of hydrogen-bond donors (Lipinski definition) is 1. The fourth-order valence-corrected chi connectivity index (χ4v) is 1.42. The molecule has 3 nitrogen and oxygen atoms in total. The Hall–Kier alpha value is -1.83. The van der Waals surface area contributed by atoms with E-state index >= 15 is 0 Å². The molecule has 0 aliphatic carbocycles. The molecule has 0 unspecified atom stereocenters. The van der Waals surface area contributed by atoms with Crippen molar-refractivity contribution >= 4 is 5.57 Å². The van der Waals surface area contributed by atoms with Gasteiger partial charge in [0.15, 0.2) is 0 Å². The second-order valence-electron chi connectivity index (χ2n) is 4.04. The Bertz CT molecular complexity index is 474. The number of rotatable bonds is 7. The number of allylic oxidation sites excluding steroid dienone is 4. The van der Waals surface area contributed by atoms with Gasteiger partial charge in [-0.1, -0.05) is 45.6 Å². The van der Waals surface area contributed by atoms with Crippen LogP contribution in [-0.4, -0.2) is 23.1 Å². The van der Waals surface area contributed by atoms with Crippen molar-refractivity contribution in [3.63, 3.8) is 0 Å². The van der Waals surface area contributed by atoms with Gasteiger partial charge in [-0.25, -0.2) is 4.98 Å². The van der Waals surface area contributed by atoms with Gasteiger partial charge in [-0.3, -0.25) is 0 Å². The van der Waals surface area contributed by atoms with Crippen molar-refractivity contribution in [2.75, 3.05) is 13.6 Å². The van der Waals surface area contributed by atoms with Crippen molar-refractivity contribution < 1.29 is 0 Å². The molecule has 0 fully saturated rings. The molecule has 0 saturated carbocycles. The Morgan fingerprint density at radius 1 is 1.45 bits per heavy atom. The minimum atomic E-state index is 0.890. The molecule has 0 aliphatic rings. The van der Waals surface area contributed by atoms with E-state index in [2.05, 4.69) is 36.1 Å². The van der Waals surface area contributed by atoms with Crippen LogP contribution in [0, 0.1) is 0 Å². The topological polar surface area (TPSA) is 29.9 Å². The van der Waals surface area contributed by atoms with E-state index in [0.29, 0.717) is 0 Å². The molecule has 0 saturated heterocycles. The van der Waals surface area contributed by atoms with Crippen molar-refractivity contribution in [1.82, 2.24) is 14.9 Å². The zero-order valence-electron chi connectivity index (χ0n) is 13.2. The van der Waals surface area contributed by atoms with Crippen LogP contribution in [0.15, 0.2) is 49.1 Å². The quantitative estimate of drug-likeness (QED) is 0.604. The Labute approximate surface area is 123 Å². The third-order valence-corrected chi connectivity index (χ3v) is 2.66.